The van der Waals surface area contributed by atoms with E-state index in [1.54, 1.807) is 35.2 Å². The van der Waals surface area contributed by atoms with Crippen molar-refractivity contribution in [2.45, 2.75) is 43.7 Å². The van der Waals surface area contributed by atoms with Crippen molar-refractivity contribution in [1.29, 1.82) is 0 Å². The Morgan fingerprint density at radius 1 is 1.03 bits per heavy atom. The summed E-state index contributed by atoms with van der Waals surface area (Å²) in [5.41, 5.74) is 2.57. The molecule has 3 aromatic carbocycles. The quantitative estimate of drug-likeness (QED) is 0.466. The Hall–Kier alpha value is -3.39. The number of nitrogens with zero attached hydrogens (tertiary/aromatic N) is 1. The Labute approximate surface area is 199 Å². The second-order valence-corrected chi connectivity index (χ2v) is 9.96. The van der Waals surface area contributed by atoms with Gasteiger partial charge < -0.3 is 9.64 Å². The van der Waals surface area contributed by atoms with Crippen LogP contribution in [0.2, 0.25) is 0 Å². The first-order valence-corrected chi connectivity index (χ1v) is 12.6. The number of anilines is 1. The lowest BCUT2D eigenvalue weighted by atomic mass is 10.1. The lowest BCUT2D eigenvalue weighted by Gasteiger charge is -2.23. The Bertz CT molecular complexity index is 1270. The number of hydrogen-bond donors (Lipinski definition) is 1. The van der Waals surface area contributed by atoms with Gasteiger partial charge in [-0.05, 0) is 72.9 Å². The summed E-state index contributed by atoms with van der Waals surface area (Å²) in [6.45, 7) is 2.34. The SMILES string of the molecule is CCc1ccc(NS(=O)(=O)c2cc(C(=O)N(Cc3ccc(F)cc3)C3CC3)ccc2OC)cc1. The second kappa shape index (κ2) is 9.85. The van der Waals surface area contributed by atoms with Crippen LogP contribution in [0.3, 0.4) is 0 Å². The topological polar surface area (TPSA) is 75.7 Å². The van der Waals surface area contributed by atoms with E-state index in [0.29, 0.717) is 12.2 Å². The Morgan fingerprint density at radius 3 is 2.26 bits per heavy atom. The number of halogens is 1. The fourth-order valence-corrected chi connectivity index (χ4v) is 5.00. The number of amides is 1. The summed E-state index contributed by atoms with van der Waals surface area (Å²) in [4.78, 5) is 15.0. The molecule has 8 heteroatoms. The number of rotatable bonds is 9. The summed E-state index contributed by atoms with van der Waals surface area (Å²) in [7, 11) is -2.63. The van der Waals surface area contributed by atoms with Gasteiger partial charge in [0.2, 0.25) is 0 Å². The van der Waals surface area contributed by atoms with Gasteiger partial charge in [0, 0.05) is 23.8 Å². The maximum atomic E-state index is 13.4. The molecule has 0 atom stereocenters. The van der Waals surface area contributed by atoms with E-state index in [2.05, 4.69) is 4.72 Å². The second-order valence-electron chi connectivity index (χ2n) is 8.31. The van der Waals surface area contributed by atoms with Crippen LogP contribution in [-0.2, 0) is 23.0 Å². The largest absolute Gasteiger partial charge is 0.495 e. The van der Waals surface area contributed by atoms with Gasteiger partial charge in [0.25, 0.3) is 15.9 Å². The van der Waals surface area contributed by atoms with Crippen molar-refractivity contribution >= 4 is 21.6 Å². The van der Waals surface area contributed by atoms with E-state index in [1.807, 2.05) is 19.1 Å². The van der Waals surface area contributed by atoms with Crippen LogP contribution in [0.15, 0.2) is 71.6 Å². The lowest BCUT2D eigenvalue weighted by Crippen LogP contribution is -2.32. The zero-order chi connectivity index (χ0) is 24.3. The van der Waals surface area contributed by atoms with Crippen molar-refractivity contribution < 1.29 is 22.3 Å². The molecular weight excluding hydrogens is 455 g/mol. The van der Waals surface area contributed by atoms with E-state index in [9.17, 15) is 17.6 Å². The molecule has 4 rings (SSSR count). The summed E-state index contributed by atoms with van der Waals surface area (Å²) < 4.78 is 47.5. The standard InChI is InChI=1S/C26H27FN2O4S/c1-3-18-6-11-22(12-7-18)28-34(31,32)25-16-20(8-15-24(25)33-2)26(30)29(23-13-14-23)17-19-4-9-21(27)10-5-19/h4-12,15-16,23,28H,3,13-14,17H2,1-2H3. The van der Waals surface area contributed by atoms with Crippen molar-refractivity contribution in [2.75, 3.05) is 11.8 Å². The van der Waals surface area contributed by atoms with Crippen LogP contribution in [0, 0.1) is 5.82 Å². The van der Waals surface area contributed by atoms with E-state index < -0.39 is 10.0 Å². The van der Waals surface area contributed by atoms with Crippen LogP contribution in [0.4, 0.5) is 10.1 Å². The minimum atomic E-state index is -4.01. The number of methoxy groups -OCH3 is 1. The van der Waals surface area contributed by atoms with E-state index in [-0.39, 0.29) is 34.0 Å². The number of hydrogen-bond acceptors (Lipinski definition) is 4. The highest BCUT2D eigenvalue weighted by Gasteiger charge is 2.34. The fraction of sp³-hybridized carbons (Fsp3) is 0.269. The first kappa shape index (κ1) is 23.8. The maximum Gasteiger partial charge on any atom is 0.265 e. The fourth-order valence-electron chi connectivity index (χ4n) is 3.74. The molecule has 0 saturated heterocycles. The van der Waals surface area contributed by atoms with E-state index >= 15 is 0 Å². The van der Waals surface area contributed by atoms with Crippen molar-refractivity contribution in [2.24, 2.45) is 0 Å². The normalized spacial score (nSPS) is 13.4. The van der Waals surface area contributed by atoms with Crippen LogP contribution < -0.4 is 9.46 Å². The van der Waals surface area contributed by atoms with Gasteiger partial charge in [0.05, 0.1) is 7.11 Å². The highest BCUT2D eigenvalue weighted by atomic mass is 32.2. The molecule has 1 aliphatic rings. The van der Waals surface area contributed by atoms with Crippen LogP contribution >= 0.6 is 0 Å². The zero-order valence-corrected chi connectivity index (χ0v) is 19.9. The molecule has 34 heavy (non-hydrogen) atoms. The van der Waals surface area contributed by atoms with E-state index in [4.69, 9.17) is 4.74 Å². The van der Waals surface area contributed by atoms with Gasteiger partial charge in [0.15, 0.2) is 0 Å². The third-order valence-electron chi connectivity index (χ3n) is 5.83. The number of benzene rings is 3. The maximum absolute atomic E-state index is 13.4. The van der Waals surface area contributed by atoms with E-state index in [1.165, 1.54) is 31.4 Å². The van der Waals surface area contributed by atoms with Crippen molar-refractivity contribution in [3.8, 4) is 5.75 Å². The highest BCUT2D eigenvalue weighted by molar-refractivity contribution is 7.92. The molecule has 0 spiro atoms. The molecule has 0 unspecified atom stereocenters. The van der Waals surface area contributed by atoms with Crippen LogP contribution in [0.5, 0.6) is 5.75 Å². The summed E-state index contributed by atoms with van der Waals surface area (Å²) in [5, 5.41) is 0. The lowest BCUT2D eigenvalue weighted by molar-refractivity contribution is 0.0729. The van der Waals surface area contributed by atoms with Crippen molar-refractivity contribution in [3.63, 3.8) is 0 Å². The molecule has 3 aromatic rings. The van der Waals surface area contributed by atoms with Gasteiger partial charge >= 0.3 is 0 Å². The minimum absolute atomic E-state index is 0.0786. The molecule has 1 amide bonds. The Kier molecular flexibility index (Phi) is 6.88. The van der Waals surface area contributed by atoms with Gasteiger partial charge in [-0.1, -0.05) is 31.2 Å². The summed E-state index contributed by atoms with van der Waals surface area (Å²) in [5.74, 6) is -0.473. The summed E-state index contributed by atoms with van der Waals surface area (Å²) in [6.07, 6.45) is 2.60. The zero-order valence-electron chi connectivity index (χ0n) is 19.1. The monoisotopic (exact) mass is 482 g/mol. The molecular formula is C26H27FN2O4S. The molecule has 1 saturated carbocycles. The van der Waals surface area contributed by atoms with Gasteiger partial charge in [-0.2, -0.15) is 0 Å². The highest BCUT2D eigenvalue weighted by Crippen LogP contribution is 2.32. The third-order valence-corrected chi connectivity index (χ3v) is 7.23. The number of carbonyl (C=O) groups excluding carboxylic acids is 1. The third kappa shape index (κ3) is 5.39. The first-order valence-electron chi connectivity index (χ1n) is 11.2. The molecule has 178 valence electrons. The molecule has 6 nitrogen and oxygen atoms in total. The van der Waals surface area contributed by atoms with Crippen molar-refractivity contribution in [1.82, 2.24) is 4.90 Å². The molecule has 0 bridgehead atoms. The Morgan fingerprint density at radius 2 is 1.68 bits per heavy atom. The molecule has 0 aromatic heterocycles. The molecule has 1 fully saturated rings. The van der Waals surface area contributed by atoms with Crippen LogP contribution in [0.25, 0.3) is 0 Å². The van der Waals surface area contributed by atoms with Gasteiger partial charge in [-0.3, -0.25) is 9.52 Å². The first-order chi connectivity index (χ1) is 16.3. The molecule has 0 heterocycles. The average Bonchev–Trinajstić information content (AvgIpc) is 3.68. The van der Waals surface area contributed by atoms with Crippen LogP contribution in [0.1, 0.15) is 41.3 Å². The van der Waals surface area contributed by atoms with Gasteiger partial charge in [-0.15, -0.1) is 0 Å². The molecule has 0 aliphatic heterocycles. The predicted octanol–water partition coefficient (Wildman–Crippen LogP) is 5.00. The smallest absolute Gasteiger partial charge is 0.265 e. The predicted molar refractivity (Wildman–Crippen MR) is 129 cm³/mol. The number of nitrogens with one attached hydrogen (secondary N) is 1. The summed E-state index contributed by atoms with van der Waals surface area (Å²) in [6, 6.07) is 17.6. The van der Waals surface area contributed by atoms with Gasteiger partial charge in [0.1, 0.15) is 16.5 Å². The molecule has 1 N–H and O–H groups in total. The minimum Gasteiger partial charge on any atom is -0.495 e. The Balaban J connectivity index is 1.62. The van der Waals surface area contributed by atoms with Crippen LogP contribution in [-0.4, -0.2) is 32.4 Å². The number of aryl methyl sites for hydroxylation is 1. The molecule has 1 aliphatic carbocycles. The number of sulfonamides is 1. The van der Waals surface area contributed by atoms with E-state index in [0.717, 1.165) is 30.4 Å². The summed E-state index contributed by atoms with van der Waals surface area (Å²) >= 11 is 0. The van der Waals surface area contributed by atoms with Crippen molar-refractivity contribution in [3.05, 3.63) is 89.2 Å². The number of carbonyl (C=O) groups is 1. The average molecular weight is 483 g/mol. The molecule has 0 radical (unpaired) electrons. The number of ether oxygens (including phenoxy) is 1. The van der Waals surface area contributed by atoms with Gasteiger partial charge in [-0.25, -0.2) is 12.8 Å².